The van der Waals surface area contributed by atoms with Crippen LogP contribution < -0.4 is 5.32 Å². The second kappa shape index (κ2) is 10.6. The van der Waals surface area contributed by atoms with Gasteiger partial charge >= 0.3 is 0 Å². The molecule has 34 heavy (non-hydrogen) atoms. The molecule has 1 atom stereocenters. The fraction of sp³-hybridized carbons (Fsp3) is 0.400. The summed E-state index contributed by atoms with van der Waals surface area (Å²) in [5, 5.41) is 10.7. The summed E-state index contributed by atoms with van der Waals surface area (Å²) in [6.07, 6.45) is 7.90. The van der Waals surface area contributed by atoms with Gasteiger partial charge in [0.2, 0.25) is 11.9 Å². The molecule has 3 heterocycles. The minimum atomic E-state index is -0.365. The van der Waals surface area contributed by atoms with Crippen LogP contribution in [0.5, 0.6) is 0 Å². The van der Waals surface area contributed by atoms with Crippen molar-refractivity contribution < 1.29 is 9.59 Å². The number of rotatable bonds is 6. The Bertz CT molecular complexity index is 1190. The van der Waals surface area contributed by atoms with Gasteiger partial charge in [0, 0.05) is 31.9 Å². The van der Waals surface area contributed by atoms with Crippen molar-refractivity contribution in [2.24, 2.45) is 0 Å². The van der Waals surface area contributed by atoms with Gasteiger partial charge in [-0.25, -0.2) is 4.98 Å². The van der Waals surface area contributed by atoms with Gasteiger partial charge in [-0.2, -0.15) is 5.10 Å². The van der Waals surface area contributed by atoms with Gasteiger partial charge in [-0.1, -0.05) is 18.2 Å². The van der Waals surface area contributed by atoms with Crippen LogP contribution in [0.1, 0.15) is 41.4 Å². The Morgan fingerprint density at radius 1 is 1.21 bits per heavy atom. The zero-order valence-corrected chi connectivity index (χ0v) is 19.9. The number of amides is 2. The standard InChI is InChI=1S/C25H31N7O2/c1-18-9-6-11-20-23(18)32(25(27-20)28-24(34)21-12-7-14-26-29-21)19-10-4-5-16-31(17-19)22(33)13-8-15-30(2)3/h6-9,11-14,19H,4-5,10,15-17H2,1-3H3,(H,27,28,34)/b13-8+. The van der Waals surface area contributed by atoms with Gasteiger partial charge < -0.3 is 14.4 Å². The van der Waals surface area contributed by atoms with Gasteiger partial charge in [0.15, 0.2) is 5.69 Å². The predicted molar refractivity (Wildman–Crippen MR) is 132 cm³/mol. The highest BCUT2D eigenvalue weighted by atomic mass is 16.2. The van der Waals surface area contributed by atoms with Crippen LogP contribution in [-0.2, 0) is 4.79 Å². The number of likely N-dealkylation sites (tertiary alicyclic amines) is 1. The van der Waals surface area contributed by atoms with Crippen molar-refractivity contribution in [2.75, 3.05) is 39.0 Å². The van der Waals surface area contributed by atoms with Crippen LogP contribution >= 0.6 is 0 Å². The number of hydrogen-bond acceptors (Lipinski definition) is 6. The maximum absolute atomic E-state index is 12.9. The molecule has 0 saturated carbocycles. The normalized spacial score (nSPS) is 16.8. The monoisotopic (exact) mass is 461 g/mol. The molecular formula is C25H31N7O2. The zero-order valence-electron chi connectivity index (χ0n) is 19.9. The van der Waals surface area contributed by atoms with E-state index in [2.05, 4.69) is 20.1 Å². The molecule has 3 aromatic rings. The average Bonchev–Trinajstić information content (AvgIpc) is 3.01. The smallest absolute Gasteiger partial charge is 0.278 e. The molecule has 0 spiro atoms. The van der Waals surface area contributed by atoms with E-state index < -0.39 is 0 Å². The van der Waals surface area contributed by atoms with E-state index in [4.69, 9.17) is 4.98 Å². The number of nitrogens with one attached hydrogen (secondary N) is 1. The van der Waals surface area contributed by atoms with E-state index in [9.17, 15) is 9.59 Å². The Labute approximate surface area is 199 Å². The molecule has 178 valence electrons. The van der Waals surface area contributed by atoms with Crippen molar-refractivity contribution in [2.45, 2.75) is 32.2 Å². The highest BCUT2D eigenvalue weighted by Crippen LogP contribution is 2.32. The van der Waals surface area contributed by atoms with Crippen LogP contribution in [0, 0.1) is 6.92 Å². The lowest BCUT2D eigenvalue weighted by Crippen LogP contribution is -2.35. The number of nitrogens with zero attached hydrogens (tertiary/aromatic N) is 6. The number of likely N-dealkylation sites (N-methyl/N-ethyl adjacent to an activating group) is 1. The van der Waals surface area contributed by atoms with Crippen LogP contribution in [0.15, 0.2) is 48.7 Å². The number of carbonyl (C=O) groups excluding carboxylic acids is 2. The minimum absolute atomic E-state index is 0.0139. The lowest BCUT2D eigenvalue weighted by atomic mass is 10.1. The van der Waals surface area contributed by atoms with Gasteiger partial charge in [0.05, 0.1) is 17.1 Å². The third-order valence-electron chi connectivity index (χ3n) is 6.00. The number of benzene rings is 1. The zero-order chi connectivity index (χ0) is 24.1. The van der Waals surface area contributed by atoms with Gasteiger partial charge in [-0.15, -0.1) is 5.10 Å². The fourth-order valence-corrected chi connectivity index (χ4v) is 4.35. The molecule has 2 amide bonds. The van der Waals surface area contributed by atoms with Crippen LogP contribution in [0.4, 0.5) is 5.95 Å². The van der Waals surface area contributed by atoms with E-state index in [1.807, 2.05) is 55.1 Å². The topological polar surface area (TPSA) is 96.3 Å². The van der Waals surface area contributed by atoms with Gasteiger partial charge in [-0.05, 0) is 64.0 Å². The maximum atomic E-state index is 12.9. The van der Waals surface area contributed by atoms with Crippen LogP contribution in [0.3, 0.4) is 0 Å². The largest absolute Gasteiger partial charge is 0.337 e. The second-order valence-electron chi connectivity index (χ2n) is 8.91. The van der Waals surface area contributed by atoms with Crippen LogP contribution in [0.2, 0.25) is 0 Å². The molecule has 0 radical (unpaired) electrons. The molecule has 9 nitrogen and oxygen atoms in total. The van der Waals surface area contributed by atoms with Crippen molar-refractivity contribution in [1.29, 1.82) is 0 Å². The number of aryl methyl sites for hydroxylation is 1. The first-order chi connectivity index (χ1) is 16.4. The van der Waals surface area contributed by atoms with E-state index in [0.717, 1.165) is 35.9 Å². The molecule has 2 aromatic heterocycles. The SMILES string of the molecule is Cc1cccc2nc(NC(=O)c3cccnn3)n(C3CCCCN(C(=O)/C=C/CN(C)C)C3)c12. The number of hydrogen-bond donors (Lipinski definition) is 1. The van der Waals surface area contributed by atoms with Crippen molar-refractivity contribution in [3.05, 3.63) is 59.9 Å². The Morgan fingerprint density at radius 3 is 2.82 bits per heavy atom. The van der Waals surface area contributed by atoms with Crippen LogP contribution in [0.25, 0.3) is 11.0 Å². The molecular weight excluding hydrogens is 430 g/mol. The Morgan fingerprint density at radius 2 is 2.06 bits per heavy atom. The third kappa shape index (κ3) is 5.31. The van der Waals surface area contributed by atoms with Gasteiger partial charge in [0.1, 0.15) is 0 Å². The first-order valence-electron chi connectivity index (χ1n) is 11.6. The highest BCUT2D eigenvalue weighted by molar-refractivity contribution is 6.02. The molecule has 0 bridgehead atoms. The Hall–Kier alpha value is -3.59. The lowest BCUT2D eigenvalue weighted by molar-refractivity contribution is -0.126. The maximum Gasteiger partial charge on any atom is 0.278 e. The summed E-state index contributed by atoms with van der Waals surface area (Å²) in [4.78, 5) is 34.5. The number of para-hydroxylation sites is 1. The summed E-state index contributed by atoms with van der Waals surface area (Å²) in [6, 6.07) is 9.22. The Kier molecular flexibility index (Phi) is 7.32. The highest BCUT2D eigenvalue weighted by Gasteiger charge is 2.27. The van der Waals surface area contributed by atoms with E-state index in [1.54, 1.807) is 18.2 Å². The molecule has 1 aromatic carbocycles. The Balaban J connectivity index is 1.67. The van der Waals surface area contributed by atoms with E-state index in [-0.39, 0.29) is 23.6 Å². The predicted octanol–water partition coefficient (Wildman–Crippen LogP) is 3.06. The lowest BCUT2D eigenvalue weighted by Gasteiger charge is -2.26. The summed E-state index contributed by atoms with van der Waals surface area (Å²) in [5.41, 5.74) is 3.07. The minimum Gasteiger partial charge on any atom is -0.337 e. The average molecular weight is 462 g/mol. The fourth-order valence-electron chi connectivity index (χ4n) is 4.35. The van der Waals surface area contributed by atoms with Crippen molar-refractivity contribution >= 4 is 28.8 Å². The third-order valence-corrected chi connectivity index (χ3v) is 6.00. The van der Waals surface area contributed by atoms with Crippen LogP contribution in [-0.4, -0.2) is 75.1 Å². The summed E-state index contributed by atoms with van der Waals surface area (Å²) in [7, 11) is 3.94. The van der Waals surface area contributed by atoms with Crippen molar-refractivity contribution in [3.8, 4) is 0 Å². The summed E-state index contributed by atoms with van der Waals surface area (Å²) in [6.45, 7) is 4.03. The number of aromatic nitrogens is 4. The molecule has 1 fully saturated rings. The molecule has 9 heteroatoms. The van der Waals surface area contributed by atoms with Crippen molar-refractivity contribution in [1.82, 2.24) is 29.5 Å². The molecule has 1 aliphatic rings. The molecule has 0 aliphatic carbocycles. The number of carbonyl (C=O) groups is 2. The molecule has 1 saturated heterocycles. The number of anilines is 1. The first kappa shape index (κ1) is 23.6. The quantitative estimate of drug-likeness (QED) is 0.567. The molecule has 1 unspecified atom stereocenters. The van der Waals surface area contributed by atoms with Gasteiger partial charge in [0.25, 0.3) is 5.91 Å². The molecule has 1 aliphatic heterocycles. The second-order valence-corrected chi connectivity index (χ2v) is 8.91. The molecule has 4 rings (SSSR count). The summed E-state index contributed by atoms with van der Waals surface area (Å²) >= 11 is 0. The van der Waals surface area contributed by atoms with Crippen molar-refractivity contribution in [3.63, 3.8) is 0 Å². The van der Waals surface area contributed by atoms with Gasteiger partial charge in [-0.3, -0.25) is 14.9 Å². The number of fused-ring (bicyclic) bond motifs is 1. The summed E-state index contributed by atoms with van der Waals surface area (Å²) < 4.78 is 2.09. The summed E-state index contributed by atoms with van der Waals surface area (Å²) in [5.74, 6) is 0.109. The first-order valence-corrected chi connectivity index (χ1v) is 11.6. The number of imidazole rings is 1. The molecule has 1 N–H and O–H groups in total. The van der Waals surface area contributed by atoms with E-state index in [1.165, 1.54) is 6.20 Å². The van der Waals surface area contributed by atoms with E-state index in [0.29, 0.717) is 25.6 Å². The van der Waals surface area contributed by atoms with E-state index >= 15 is 0 Å².